The first-order chi connectivity index (χ1) is 11.9. The lowest BCUT2D eigenvalue weighted by molar-refractivity contribution is 0.463. The predicted molar refractivity (Wildman–Crippen MR) is 95.2 cm³/mol. The molecule has 24 heavy (non-hydrogen) atoms. The van der Waals surface area contributed by atoms with Gasteiger partial charge in [0.1, 0.15) is 18.0 Å². The highest BCUT2D eigenvalue weighted by atomic mass is 15.3. The molecule has 128 valence electrons. The van der Waals surface area contributed by atoms with Gasteiger partial charge in [-0.2, -0.15) is 5.10 Å². The second-order valence-electron chi connectivity index (χ2n) is 6.89. The van der Waals surface area contributed by atoms with E-state index in [1.54, 1.807) is 6.33 Å². The summed E-state index contributed by atoms with van der Waals surface area (Å²) >= 11 is 0. The van der Waals surface area contributed by atoms with Crippen molar-refractivity contribution in [2.45, 2.75) is 57.5 Å². The molecule has 0 bridgehead atoms. The van der Waals surface area contributed by atoms with Crippen molar-refractivity contribution in [3.63, 3.8) is 0 Å². The average molecular weight is 326 g/mol. The standard InChI is InChI=1S/C18H26N6/c1-4-9-23(10-5-1)18-12-17(20-14-21-18)19-13-15-8-11-24(22-15)16-6-2-3-7-16/h8,11-12,14,16H,1-7,9-10,13H2,(H,19,20,21). The minimum Gasteiger partial charge on any atom is -0.364 e. The van der Waals surface area contributed by atoms with Crippen molar-refractivity contribution in [2.75, 3.05) is 23.3 Å². The molecule has 1 aliphatic carbocycles. The Labute approximate surface area is 143 Å². The zero-order chi connectivity index (χ0) is 16.2. The van der Waals surface area contributed by atoms with Crippen molar-refractivity contribution in [3.8, 4) is 0 Å². The fourth-order valence-corrected chi connectivity index (χ4v) is 3.76. The lowest BCUT2D eigenvalue weighted by atomic mass is 10.1. The van der Waals surface area contributed by atoms with Gasteiger partial charge >= 0.3 is 0 Å². The molecule has 4 rings (SSSR count). The van der Waals surface area contributed by atoms with Crippen molar-refractivity contribution < 1.29 is 0 Å². The van der Waals surface area contributed by atoms with Gasteiger partial charge in [0.2, 0.25) is 0 Å². The minimum absolute atomic E-state index is 0.600. The number of hydrogen-bond donors (Lipinski definition) is 1. The van der Waals surface area contributed by atoms with Crippen LogP contribution < -0.4 is 10.2 Å². The van der Waals surface area contributed by atoms with E-state index in [1.807, 2.05) is 0 Å². The molecule has 0 aromatic carbocycles. The van der Waals surface area contributed by atoms with Crippen LogP contribution in [-0.4, -0.2) is 32.8 Å². The fourth-order valence-electron chi connectivity index (χ4n) is 3.76. The van der Waals surface area contributed by atoms with Gasteiger partial charge < -0.3 is 10.2 Å². The highest BCUT2D eigenvalue weighted by Crippen LogP contribution is 2.28. The molecule has 6 nitrogen and oxygen atoms in total. The summed E-state index contributed by atoms with van der Waals surface area (Å²) in [5.41, 5.74) is 1.07. The number of hydrogen-bond acceptors (Lipinski definition) is 5. The second-order valence-corrected chi connectivity index (χ2v) is 6.89. The van der Waals surface area contributed by atoms with Crippen LogP contribution in [0.25, 0.3) is 0 Å². The number of nitrogens with one attached hydrogen (secondary N) is 1. The van der Waals surface area contributed by atoms with E-state index in [1.165, 1.54) is 44.9 Å². The third-order valence-electron chi connectivity index (χ3n) is 5.15. The lowest BCUT2D eigenvalue weighted by Gasteiger charge is -2.27. The average Bonchev–Trinajstić information content (AvgIpc) is 3.32. The number of aromatic nitrogens is 4. The Hall–Kier alpha value is -2.11. The molecule has 2 aromatic rings. The van der Waals surface area contributed by atoms with Crippen LogP contribution in [0, 0.1) is 0 Å². The Kier molecular flexibility index (Phi) is 4.62. The first kappa shape index (κ1) is 15.4. The van der Waals surface area contributed by atoms with Gasteiger partial charge in [0, 0.05) is 25.4 Å². The zero-order valence-electron chi connectivity index (χ0n) is 14.2. The lowest BCUT2D eigenvalue weighted by Crippen LogP contribution is -2.30. The molecule has 1 saturated heterocycles. The second kappa shape index (κ2) is 7.20. The summed E-state index contributed by atoms with van der Waals surface area (Å²) in [6, 6.07) is 4.76. The van der Waals surface area contributed by atoms with E-state index in [0.717, 1.165) is 30.4 Å². The number of nitrogens with zero attached hydrogens (tertiary/aromatic N) is 5. The van der Waals surface area contributed by atoms with Crippen LogP contribution in [0.15, 0.2) is 24.7 Å². The van der Waals surface area contributed by atoms with Crippen LogP contribution in [0.2, 0.25) is 0 Å². The molecule has 0 atom stereocenters. The molecule has 2 aliphatic rings. The molecule has 0 radical (unpaired) electrons. The van der Waals surface area contributed by atoms with Crippen molar-refractivity contribution in [3.05, 3.63) is 30.4 Å². The zero-order valence-corrected chi connectivity index (χ0v) is 14.2. The van der Waals surface area contributed by atoms with Gasteiger partial charge in [0.25, 0.3) is 0 Å². The van der Waals surface area contributed by atoms with Gasteiger partial charge in [-0.15, -0.1) is 0 Å². The molecule has 2 aromatic heterocycles. The molecule has 2 fully saturated rings. The topological polar surface area (TPSA) is 58.9 Å². The summed E-state index contributed by atoms with van der Waals surface area (Å²) in [5.74, 6) is 1.91. The monoisotopic (exact) mass is 326 g/mol. The molecule has 1 aliphatic heterocycles. The van der Waals surface area contributed by atoms with E-state index in [9.17, 15) is 0 Å². The Morgan fingerprint density at radius 3 is 2.71 bits per heavy atom. The maximum absolute atomic E-state index is 4.72. The highest BCUT2D eigenvalue weighted by Gasteiger charge is 2.17. The Bertz CT molecular complexity index is 655. The van der Waals surface area contributed by atoms with Crippen molar-refractivity contribution in [1.82, 2.24) is 19.7 Å². The van der Waals surface area contributed by atoms with Gasteiger partial charge in [-0.1, -0.05) is 12.8 Å². The van der Waals surface area contributed by atoms with E-state index in [4.69, 9.17) is 5.10 Å². The summed E-state index contributed by atoms with van der Waals surface area (Å²) in [6.45, 7) is 2.90. The van der Waals surface area contributed by atoms with E-state index in [2.05, 4.69) is 43.2 Å². The molecular weight excluding hydrogens is 300 g/mol. The van der Waals surface area contributed by atoms with E-state index in [-0.39, 0.29) is 0 Å². The van der Waals surface area contributed by atoms with Gasteiger partial charge in [-0.25, -0.2) is 9.97 Å². The quantitative estimate of drug-likeness (QED) is 0.912. The summed E-state index contributed by atoms with van der Waals surface area (Å²) in [6.07, 6.45) is 12.8. The van der Waals surface area contributed by atoms with Gasteiger partial charge in [-0.3, -0.25) is 4.68 Å². The molecule has 6 heteroatoms. The maximum atomic E-state index is 4.72. The van der Waals surface area contributed by atoms with Crippen LogP contribution in [0.4, 0.5) is 11.6 Å². The molecule has 3 heterocycles. The molecule has 1 saturated carbocycles. The fraction of sp³-hybridized carbons (Fsp3) is 0.611. The first-order valence-electron chi connectivity index (χ1n) is 9.23. The molecular formula is C18H26N6. The highest BCUT2D eigenvalue weighted by molar-refractivity contribution is 5.48. The van der Waals surface area contributed by atoms with E-state index >= 15 is 0 Å². The third-order valence-corrected chi connectivity index (χ3v) is 5.15. The van der Waals surface area contributed by atoms with Gasteiger partial charge in [0.05, 0.1) is 18.3 Å². The molecule has 0 spiro atoms. The number of anilines is 2. The van der Waals surface area contributed by atoms with E-state index in [0.29, 0.717) is 12.6 Å². The summed E-state index contributed by atoms with van der Waals surface area (Å²) in [7, 11) is 0. The Morgan fingerprint density at radius 2 is 1.88 bits per heavy atom. The predicted octanol–water partition coefficient (Wildman–Crippen LogP) is 3.39. The summed E-state index contributed by atoms with van der Waals surface area (Å²) < 4.78 is 2.14. The van der Waals surface area contributed by atoms with Crippen LogP contribution in [-0.2, 0) is 6.54 Å². The molecule has 0 amide bonds. The van der Waals surface area contributed by atoms with Crippen molar-refractivity contribution >= 4 is 11.6 Å². The molecule has 0 unspecified atom stereocenters. The van der Waals surface area contributed by atoms with Crippen LogP contribution >= 0.6 is 0 Å². The number of rotatable bonds is 5. The minimum atomic E-state index is 0.600. The third kappa shape index (κ3) is 3.52. The number of piperidine rings is 1. The summed E-state index contributed by atoms with van der Waals surface area (Å²) in [5, 5.41) is 8.11. The van der Waals surface area contributed by atoms with Gasteiger partial charge in [0.15, 0.2) is 0 Å². The van der Waals surface area contributed by atoms with Crippen molar-refractivity contribution in [1.29, 1.82) is 0 Å². The first-order valence-corrected chi connectivity index (χ1v) is 9.23. The summed E-state index contributed by atoms with van der Waals surface area (Å²) in [4.78, 5) is 11.1. The molecule has 1 N–H and O–H groups in total. The Morgan fingerprint density at radius 1 is 1.04 bits per heavy atom. The largest absolute Gasteiger partial charge is 0.364 e. The Balaban J connectivity index is 1.37. The maximum Gasteiger partial charge on any atom is 0.134 e. The van der Waals surface area contributed by atoms with Crippen LogP contribution in [0.3, 0.4) is 0 Å². The smallest absolute Gasteiger partial charge is 0.134 e. The van der Waals surface area contributed by atoms with Crippen LogP contribution in [0.1, 0.15) is 56.7 Å². The SMILES string of the molecule is c1nc(NCc2ccn(C3CCCC3)n2)cc(N2CCCCC2)n1. The van der Waals surface area contributed by atoms with Crippen LogP contribution in [0.5, 0.6) is 0 Å². The van der Waals surface area contributed by atoms with E-state index < -0.39 is 0 Å². The van der Waals surface area contributed by atoms with Gasteiger partial charge in [-0.05, 0) is 38.2 Å². The normalized spacial score (nSPS) is 18.9. The van der Waals surface area contributed by atoms with Crippen molar-refractivity contribution in [2.24, 2.45) is 0 Å².